The van der Waals surface area contributed by atoms with Gasteiger partial charge in [-0.25, -0.2) is 13.2 Å². The van der Waals surface area contributed by atoms with Gasteiger partial charge in [0.05, 0.1) is 30.1 Å². The minimum absolute atomic E-state index is 0.00764. The summed E-state index contributed by atoms with van der Waals surface area (Å²) in [5.74, 6) is -1.24. The van der Waals surface area contributed by atoms with E-state index in [9.17, 15) is 14.8 Å². The summed E-state index contributed by atoms with van der Waals surface area (Å²) in [5.41, 5.74) is 6.83. The Morgan fingerprint density at radius 3 is 2.54 bits per heavy atom. The van der Waals surface area contributed by atoms with E-state index in [0.29, 0.717) is 54.9 Å². The SMILES string of the molecule is C[C@@H](O)CN1CC2CCC(C1)N2c1nc(OC[C@@H]2C[C@@H](F)CN2C)nc2c(F)c(-c3c(F)ccc4oc(N)c(C#N)c34)c3c(c12)COC3. The fourth-order valence-corrected chi connectivity index (χ4v) is 8.28. The summed E-state index contributed by atoms with van der Waals surface area (Å²) in [6.45, 7) is 4.23. The molecular formula is C34H36F3N7O4. The Balaban J connectivity index is 1.34. The standard InChI is InChI=1S/C34H36F3N7O4/c1-16(45)9-43-11-18-3-4-19(12-43)44(18)33-28-23-15-46-14-22(23)27(29-24(36)5-6-25-26(29)21(8-38)32(39)48-25)30(37)31(28)40-34(41-33)47-13-20-7-17(35)10-42(20)2/h5-6,16-20,45H,3-4,7,9-15,39H2,1-2H3/t16-,17-,18?,19?,20+/m1/s1. The number of furan rings is 1. The van der Waals surface area contributed by atoms with Gasteiger partial charge in [0.1, 0.15) is 47.1 Å². The van der Waals surface area contributed by atoms with Crippen LogP contribution in [0.1, 0.15) is 42.9 Å². The molecule has 6 heterocycles. The van der Waals surface area contributed by atoms with Gasteiger partial charge in [0.25, 0.3) is 0 Å². The largest absolute Gasteiger partial charge is 0.462 e. The molecule has 48 heavy (non-hydrogen) atoms. The highest BCUT2D eigenvalue weighted by atomic mass is 19.1. The molecule has 0 amide bonds. The van der Waals surface area contributed by atoms with Crippen molar-refractivity contribution >= 4 is 33.6 Å². The van der Waals surface area contributed by atoms with Crippen molar-refractivity contribution in [3.63, 3.8) is 0 Å². The first kappa shape index (κ1) is 31.1. The van der Waals surface area contributed by atoms with Crippen LogP contribution in [0.25, 0.3) is 33.0 Å². The van der Waals surface area contributed by atoms with Crippen LogP contribution >= 0.6 is 0 Å². The zero-order valence-corrected chi connectivity index (χ0v) is 26.7. The number of benzene rings is 2. The number of halogens is 3. The second kappa shape index (κ2) is 11.8. The van der Waals surface area contributed by atoms with Crippen molar-refractivity contribution in [3.05, 3.63) is 40.5 Å². The zero-order valence-electron chi connectivity index (χ0n) is 26.7. The Hall–Kier alpha value is -4.16. The summed E-state index contributed by atoms with van der Waals surface area (Å²) in [6.07, 6.45) is 0.630. The van der Waals surface area contributed by atoms with Crippen LogP contribution in [0.15, 0.2) is 16.5 Å². The first-order valence-electron chi connectivity index (χ1n) is 16.3. The maximum absolute atomic E-state index is 17.3. The van der Waals surface area contributed by atoms with Gasteiger partial charge in [0, 0.05) is 55.4 Å². The van der Waals surface area contributed by atoms with Gasteiger partial charge in [-0.3, -0.25) is 9.80 Å². The minimum Gasteiger partial charge on any atom is -0.462 e. The summed E-state index contributed by atoms with van der Waals surface area (Å²) < 4.78 is 65.0. The van der Waals surface area contributed by atoms with Crippen molar-refractivity contribution in [2.75, 3.05) is 50.5 Å². The number of aliphatic hydroxyl groups excluding tert-OH is 1. The number of nitrogen functional groups attached to an aromatic ring is 1. The average Bonchev–Trinajstić information content (AvgIpc) is 3.79. The molecule has 3 N–H and O–H groups in total. The number of likely N-dealkylation sites (N-methyl/N-ethyl adjacent to an activating group) is 1. The molecule has 0 spiro atoms. The van der Waals surface area contributed by atoms with E-state index in [1.165, 1.54) is 6.07 Å². The number of rotatable bonds is 7. The molecule has 14 heteroatoms. The molecule has 8 rings (SSSR count). The quantitative estimate of drug-likeness (QED) is 0.294. The van der Waals surface area contributed by atoms with Gasteiger partial charge in [-0.2, -0.15) is 15.2 Å². The molecule has 2 bridgehead atoms. The number of hydrogen-bond donors (Lipinski definition) is 2. The van der Waals surface area contributed by atoms with Crippen molar-refractivity contribution in [3.8, 4) is 23.2 Å². The average molecular weight is 664 g/mol. The van der Waals surface area contributed by atoms with Gasteiger partial charge in [-0.05, 0) is 56.5 Å². The van der Waals surface area contributed by atoms with Crippen LogP contribution in [-0.2, 0) is 18.0 Å². The fourth-order valence-electron chi connectivity index (χ4n) is 8.28. The van der Waals surface area contributed by atoms with E-state index in [4.69, 9.17) is 24.6 Å². The number of β-amino-alcohol motifs (C(OH)–C–C–N with tert-alkyl or cyclic N) is 1. The Bertz CT molecular complexity index is 1970. The van der Waals surface area contributed by atoms with Gasteiger partial charge in [-0.15, -0.1) is 0 Å². The number of aromatic nitrogens is 2. The molecule has 2 aromatic carbocycles. The number of ether oxygens (including phenoxy) is 2. The first-order chi connectivity index (χ1) is 23.1. The smallest absolute Gasteiger partial charge is 0.319 e. The number of likely N-dealkylation sites (tertiary alicyclic amines) is 2. The molecule has 11 nitrogen and oxygen atoms in total. The highest BCUT2D eigenvalue weighted by Gasteiger charge is 2.43. The van der Waals surface area contributed by atoms with Crippen molar-refractivity contribution in [2.45, 2.75) is 69.8 Å². The lowest BCUT2D eigenvalue weighted by Crippen LogP contribution is -2.55. The molecule has 2 aromatic heterocycles. The van der Waals surface area contributed by atoms with Crippen LogP contribution in [0.4, 0.5) is 24.9 Å². The molecule has 4 aliphatic rings. The summed E-state index contributed by atoms with van der Waals surface area (Å²) in [6, 6.07) is 4.32. The van der Waals surface area contributed by atoms with Crippen LogP contribution in [0.3, 0.4) is 0 Å². The molecule has 4 aliphatic heterocycles. The third-order valence-corrected chi connectivity index (χ3v) is 10.3. The van der Waals surface area contributed by atoms with E-state index >= 15 is 8.78 Å². The Labute approximate surface area is 274 Å². The normalized spacial score (nSPS) is 24.9. The molecule has 4 aromatic rings. The lowest BCUT2D eigenvalue weighted by Gasteiger charge is -2.42. The van der Waals surface area contributed by atoms with Crippen LogP contribution in [0.5, 0.6) is 6.01 Å². The molecular weight excluding hydrogens is 627 g/mol. The number of aliphatic hydroxyl groups is 1. The maximum atomic E-state index is 17.3. The highest BCUT2D eigenvalue weighted by molar-refractivity contribution is 6.05. The number of nitrogens with zero attached hydrogens (tertiary/aromatic N) is 6. The van der Waals surface area contributed by atoms with Gasteiger partial charge in [0.15, 0.2) is 5.82 Å². The van der Waals surface area contributed by atoms with Gasteiger partial charge < -0.3 is 29.6 Å². The number of nitrogens with two attached hydrogens (primary N) is 1. The molecule has 3 saturated heterocycles. The number of nitriles is 1. The minimum atomic E-state index is -0.972. The maximum Gasteiger partial charge on any atom is 0.319 e. The molecule has 0 aliphatic carbocycles. The van der Waals surface area contributed by atoms with Crippen LogP contribution in [0.2, 0.25) is 0 Å². The highest BCUT2D eigenvalue weighted by Crippen LogP contribution is 2.48. The Kier molecular flexibility index (Phi) is 7.63. The Morgan fingerprint density at radius 2 is 1.85 bits per heavy atom. The second-order valence-electron chi connectivity index (χ2n) is 13.5. The van der Waals surface area contributed by atoms with E-state index in [1.54, 1.807) is 6.92 Å². The van der Waals surface area contributed by atoms with E-state index in [0.717, 1.165) is 18.9 Å². The van der Waals surface area contributed by atoms with Gasteiger partial charge >= 0.3 is 6.01 Å². The second-order valence-corrected chi connectivity index (χ2v) is 13.5. The molecule has 2 unspecified atom stereocenters. The summed E-state index contributed by atoms with van der Waals surface area (Å²) in [7, 11) is 1.83. The van der Waals surface area contributed by atoms with Crippen molar-refractivity contribution in [1.82, 2.24) is 19.8 Å². The number of anilines is 2. The van der Waals surface area contributed by atoms with Crippen LogP contribution < -0.4 is 15.4 Å². The summed E-state index contributed by atoms with van der Waals surface area (Å²) in [5, 5.41) is 20.5. The first-order valence-corrected chi connectivity index (χ1v) is 16.3. The van der Waals surface area contributed by atoms with E-state index < -0.39 is 23.9 Å². The molecule has 0 radical (unpaired) electrons. The fraction of sp³-hybridized carbons (Fsp3) is 0.500. The van der Waals surface area contributed by atoms with E-state index in [-0.39, 0.29) is 83.0 Å². The monoisotopic (exact) mass is 663 g/mol. The number of hydrogen-bond acceptors (Lipinski definition) is 11. The van der Waals surface area contributed by atoms with Crippen molar-refractivity contribution < 1.29 is 32.2 Å². The number of piperazine rings is 1. The lowest BCUT2D eigenvalue weighted by molar-refractivity contribution is 0.111. The number of fused-ring (bicyclic) bond motifs is 6. The molecule has 5 atom stereocenters. The van der Waals surface area contributed by atoms with Crippen molar-refractivity contribution in [2.24, 2.45) is 0 Å². The Morgan fingerprint density at radius 1 is 1.10 bits per heavy atom. The van der Waals surface area contributed by atoms with Gasteiger partial charge in [0.2, 0.25) is 5.88 Å². The zero-order chi connectivity index (χ0) is 33.4. The summed E-state index contributed by atoms with van der Waals surface area (Å²) in [4.78, 5) is 15.9. The predicted octanol–water partition coefficient (Wildman–Crippen LogP) is 4.26. The summed E-state index contributed by atoms with van der Waals surface area (Å²) >= 11 is 0. The van der Waals surface area contributed by atoms with Gasteiger partial charge in [-0.1, -0.05) is 0 Å². The van der Waals surface area contributed by atoms with Crippen molar-refractivity contribution in [1.29, 1.82) is 5.26 Å². The van der Waals surface area contributed by atoms with Crippen LogP contribution in [0, 0.1) is 23.0 Å². The topological polar surface area (TPSA) is 137 Å². The van der Waals surface area contributed by atoms with E-state index in [1.807, 2.05) is 18.0 Å². The molecule has 3 fully saturated rings. The third-order valence-electron chi connectivity index (χ3n) is 10.3. The molecule has 252 valence electrons. The predicted molar refractivity (Wildman–Crippen MR) is 171 cm³/mol. The third kappa shape index (κ3) is 4.94. The van der Waals surface area contributed by atoms with Crippen LogP contribution in [-0.4, -0.2) is 95.1 Å². The molecule has 0 saturated carbocycles. The lowest BCUT2D eigenvalue weighted by atomic mass is 9.90. The number of alkyl halides is 1. The van der Waals surface area contributed by atoms with E-state index in [2.05, 4.69) is 14.8 Å².